The van der Waals surface area contributed by atoms with E-state index in [1.807, 2.05) is 4.90 Å². The second kappa shape index (κ2) is 11.1. The van der Waals surface area contributed by atoms with E-state index in [1.165, 1.54) is 0 Å². The minimum Gasteiger partial charge on any atom is -0.497 e. The van der Waals surface area contributed by atoms with Crippen molar-refractivity contribution in [1.82, 2.24) is 9.80 Å². The Morgan fingerprint density at radius 3 is 2.09 bits per heavy atom. The van der Waals surface area contributed by atoms with Crippen LogP contribution in [0, 0.1) is 5.92 Å². The molecule has 0 spiro atoms. The molecule has 7 nitrogen and oxygen atoms in total. The van der Waals surface area contributed by atoms with Crippen LogP contribution in [0.5, 0.6) is 11.5 Å². The average Bonchev–Trinajstić information content (AvgIpc) is 3.38. The second-order valence-electron chi connectivity index (χ2n) is 8.92. The van der Waals surface area contributed by atoms with Crippen LogP contribution in [0.2, 0.25) is 5.02 Å². The van der Waals surface area contributed by atoms with Crippen molar-refractivity contribution >= 4 is 29.1 Å². The van der Waals surface area contributed by atoms with E-state index in [9.17, 15) is 9.59 Å². The molecule has 1 saturated carbocycles. The van der Waals surface area contributed by atoms with Gasteiger partial charge in [0.1, 0.15) is 11.5 Å². The van der Waals surface area contributed by atoms with E-state index in [0.29, 0.717) is 59.9 Å². The van der Waals surface area contributed by atoms with Crippen LogP contribution in [-0.2, 0) is 4.79 Å². The molecule has 34 heavy (non-hydrogen) atoms. The van der Waals surface area contributed by atoms with Crippen molar-refractivity contribution < 1.29 is 19.1 Å². The van der Waals surface area contributed by atoms with Crippen LogP contribution in [0.1, 0.15) is 36.0 Å². The molecule has 2 amide bonds. The highest BCUT2D eigenvalue weighted by Crippen LogP contribution is 2.33. The van der Waals surface area contributed by atoms with Crippen molar-refractivity contribution in [3.63, 3.8) is 0 Å². The van der Waals surface area contributed by atoms with Crippen molar-refractivity contribution in [2.75, 3.05) is 45.7 Å². The molecule has 4 rings (SSSR count). The summed E-state index contributed by atoms with van der Waals surface area (Å²) in [5.74, 6) is 1.55. The second-order valence-corrected chi connectivity index (χ2v) is 9.35. The molecule has 2 aromatic rings. The standard InChI is InChI=1S/C26H32ClN3O4/c1-33-22-15-21(16-23(17-22)34-2)28-25(31)24(18-5-3-4-6-18)29-11-13-30(14-12-29)26(32)19-7-9-20(27)10-8-19/h7-10,15-18,24H,3-6,11-14H2,1-2H3,(H,28,31)/t24-/m0/s1. The van der Waals surface area contributed by atoms with Crippen LogP contribution in [0.15, 0.2) is 42.5 Å². The van der Waals surface area contributed by atoms with Crippen molar-refractivity contribution in [1.29, 1.82) is 0 Å². The van der Waals surface area contributed by atoms with E-state index in [4.69, 9.17) is 21.1 Å². The zero-order valence-corrected chi connectivity index (χ0v) is 20.5. The number of carbonyl (C=O) groups excluding carboxylic acids is 2. The molecule has 8 heteroatoms. The average molecular weight is 486 g/mol. The minimum absolute atomic E-state index is 0.00154. The molecule has 182 valence electrons. The molecule has 0 unspecified atom stereocenters. The van der Waals surface area contributed by atoms with Gasteiger partial charge < -0.3 is 19.7 Å². The molecule has 1 N–H and O–H groups in total. The first-order chi connectivity index (χ1) is 16.5. The lowest BCUT2D eigenvalue weighted by Gasteiger charge is -2.40. The summed E-state index contributed by atoms with van der Waals surface area (Å²) in [5, 5.41) is 3.71. The molecule has 2 fully saturated rings. The van der Waals surface area contributed by atoms with Crippen molar-refractivity contribution in [3.8, 4) is 11.5 Å². The number of nitrogens with zero attached hydrogens (tertiary/aromatic N) is 2. The number of anilines is 1. The van der Waals surface area contributed by atoms with Gasteiger partial charge in [0.25, 0.3) is 5.91 Å². The molecule has 1 saturated heterocycles. The summed E-state index contributed by atoms with van der Waals surface area (Å²) < 4.78 is 10.7. The van der Waals surface area contributed by atoms with Crippen LogP contribution >= 0.6 is 11.6 Å². The smallest absolute Gasteiger partial charge is 0.253 e. The SMILES string of the molecule is COc1cc(NC(=O)[C@H](C2CCCC2)N2CCN(C(=O)c3ccc(Cl)cc3)CC2)cc(OC)c1. The number of piperazine rings is 1. The summed E-state index contributed by atoms with van der Waals surface area (Å²) in [6, 6.07) is 12.1. The topological polar surface area (TPSA) is 71.1 Å². The first kappa shape index (κ1) is 24.4. The number of nitrogens with one attached hydrogen (secondary N) is 1. The third kappa shape index (κ3) is 5.65. The van der Waals surface area contributed by atoms with Crippen LogP contribution in [-0.4, -0.2) is 68.1 Å². The van der Waals surface area contributed by atoms with Crippen molar-refractivity contribution in [2.45, 2.75) is 31.7 Å². The molecule has 2 aliphatic rings. The highest BCUT2D eigenvalue weighted by Gasteiger charge is 2.37. The van der Waals surface area contributed by atoms with E-state index in [1.54, 1.807) is 56.7 Å². The Kier molecular flexibility index (Phi) is 7.95. The van der Waals surface area contributed by atoms with E-state index >= 15 is 0 Å². The van der Waals surface area contributed by atoms with Crippen LogP contribution in [0.4, 0.5) is 5.69 Å². The van der Waals surface area contributed by atoms with Crippen molar-refractivity contribution in [2.24, 2.45) is 5.92 Å². The Morgan fingerprint density at radius 2 is 1.53 bits per heavy atom. The first-order valence-electron chi connectivity index (χ1n) is 11.8. The Morgan fingerprint density at radius 1 is 0.941 bits per heavy atom. The maximum Gasteiger partial charge on any atom is 0.253 e. The number of benzene rings is 2. The van der Waals surface area contributed by atoms with E-state index in [0.717, 1.165) is 25.7 Å². The third-order valence-corrected chi connectivity index (χ3v) is 7.07. The molecule has 0 radical (unpaired) electrons. The molecule has 1 aliphatic carbocycles. The van der Waals surface area contributed by atoms with Gasteiger partial charge in [0.05, 0.1) is 20.3 Å². The van der Waals surface area contributed by atoms with Gasteiger partial charge in [-0.1, -0.05) is 24.4 Å². The largest absolute Gasteiger partial charge is 0.497 e. The zero-order chi connectivity index (χ0) is 24.1. The highest BCUT2D eigenvalue weighted by molar-refractivity contribution is 6.30. The number of ether oxygens (including phenoxy) is 2. The summed E-state index contributed by atoms with van der Waals surface area (Å²) >= 11 is 5.96. The molecule has 0 aromatic heterocycles. The Labute approximate surface area is 206 Å². The van der Waals surface area contributed by atoms with Gasteiger partial charge in [-0.3, -0.25) is 14.5 Å². The van der Waals surface area contributed by atoms with Gasteiger partial charge in [-0.05, 0) is 43.0 Å². The number of methoxy groups -OCH3 is 2. The number of carbonyl (C=O) groups is 2. The van der Waals surface area contributed by atoms with Crippen LogP contribution < -0.4 is 14.8 Å². The number of amides is 2. The summed E-state index contributed by atoms with van der Waals surface area (Å²) in [5.41, 5.74) is 1.29. The number of rotatable bonds is 7. The predicted molar refractivity (Wildman–Crippen MR) is 133 cm³/mol. The lowest BCUT2D eigenvalue weighted by atomic mass is 9.94. The summed E-state index contributed by atoms with van der Waals surface area (Å²) in [6.45, 7) is 2.50. The number of halogens is 1. The van der Waals surface area contributed by atoms with Crippen molar-refractivity contribution in [3.05, 3.63) is 53.1 Å². The van der Waals surface area contributed by atoms with Gasteiger partial charge in [0.15, 0.2) is 0 Å². The van der Waals surface area contributed by atoms with E-state index in [2.05, 4.69) is 10.2 Å². The van der Waals surface area contributed by atoms with Gasteiger partial charge in [-0.2, -0.15) is 0 Å². The monoisotopic (exact) mass is 485 g/mol. The minimum atomic E-state index is -0.229. The molecule has 1 aliphatic heterocycles. The van der Waals surface area contributed by atoms with E-state index in [-0.39, 0.29) is 17.9 Å². The van der Waals surface area contributed by atoms with Gasteiger partial charge in [-0.25, -0.2) is 0 Å². The molecule has 2 aromatic carbocycles. The first-order valence-corrected chi connectivity index (χ1v) is 12.2. The van der Waals surface area contributed by atoms with Crippen LogP contribution in [0.25, 0.3) is 0 Å². The zero-order valence-electron chi connectivity index (χ0n) is 19.8. The Balaban J connectivity index is 1.45. The predicted octanol–water partition coefficient (Wildman–Crippen LogP) is 4.31. The Bertz CT molecular complexity index is 977. The summed E-state index contributed by atoms with van der Waals surface area (Å²) in [4.78, 5) is 30.5. The van der Waals surface area contributed by atoms with E-state index < -0.39 is 0 Å². The normalized spacial score (nSPS) is 17.9. The highest BCUT2D eigenvalue weighted by atomic mass is 35.5. The van der Waals surface area contributed by atoms with Gasteiger partial charge in [0.2, 0.25) is 5.91 Å². The van der Waals surface area contributed by atoms with Gasteiger partial charge in [0, 0.05) is 60.7 Å². The van der Waals surface area contributed by atoms with Gasteiger partial charge in [-0.15, -0.1) is 0 Å². The lowest BCUT2D eigenvalue weighted by Crippen LogP contribution is -2.56. The number of hydrogen-bond donors (Lipinski definition) is 1. The maximum absolute atomic E-state index is 13.5. The van der Waals surface area contributed by atoms with Gasteiger partial charge >= 0.3 is 0 Å². The fourth-order valence-corrected chi connectivity index (χ4v) is 5.15. The fourth-order valence-electron chi connectivity index (χ4n) is 5.03. The maximum atomic E-state index is 13.5. The number of hydrogen-bond acceptors (Lipinski definition) is 5. The Hall–Kier alpha value is -2.77. The molecular formula is C26H32ClN3O4. The molecule has 0 bridgehead atoms. The summed E-state index contributed by atoms with van der Waals surface area (Å²) in [7, 11) is 3.18. The lowest BCUT2D eigenvalue weighted by molar-refractivity contribution is -0.123. The third-order valence-electron chi connectivity index (χ3n) is 6.82. The molecular weight excluding hydrogens is 454 g/mol. The summed E-state index contributed by atoms with van der Waals surface area (Å²) in [6.07, 6.45) is 4.39. The quantitative estimate of drug-likeness (QED) is 0.632. The van der Waals surface area contributed by atoms with Crippen LogP contribution in [0.3, 0.4) is 0 Å². The fraction of sp³-hybridized carbons (Fsp3) is 0.462. The molecule has 1 atom stereocenters. The molecule has 1 heterocycles.